The minimum Gasteiger partial charge on any atom is -0.448 e. The number of thiophene rings is 1. The normalized spacial score (nSPS) is 17.1. The van der Waals surface area contributed by atoms with Crippen LogP contribution in [-0.2, 0) is 9.53 Å². The highest BCUT2D eigenvalue weighted by atomic mass is 32.1. The monoisotopic (exact) mass is 282 g/mol. The van der Waals surface area contributed by atoms with Crippen LogP contribution in [0.25, 0.3) is 0 Å². The number of carbonyl (C=O) groups is 2. The van der Waals surface area contributed by atoms with Crippen LogP contribution in [0.5, 0.6) is 0 Å². The number of anilines is 1. The molecular formula is C13H18N2O3S. The first-order valence-corrected chi connectivity index (χ1v) is 7.30. The second kappa shape index (κ2) is 6.06. The number of carbonyl (C=O) groups excluding carboxylic acids is 2. The van der Waals surface area contributed by atoms with E-state index < -0.39 is 12.1 Å². The molecule has 1 aromatic rings. The van der Waals surface area contributed by atoms with E-state index in [2.05, 4.69) is 5.32 Å². The summed E-state index contributed by atoms with van der Waals surface area (Å²) in [5.41, 5.74) is 6.02. The van der Waals surface area contributed by atoms with Gasteiger partial charge in [0.05, 0.1) is 5.69 Å². The summed E-state index contributed by atoms with van der Waals surface area (Å²) in [6, 6.07) is 1.87. The Labute approximate surface area is 116 Å². The molecule has 0 aliphatic heterocycles. The third-order valence-electron chi connectivity index (χ3n) is 3.24. The highest BCUT2D eigenvalue weighted by Gasteiger charge is 2.24. The van der Waals surface area contributed by atoms with Gasteiger partial charge in [-0.3, -0.25) is 4.79 Å². The molecule has 0 radical (unpaired) electrons. The second-order valence-corrected chi connectivity index (χ2v) is 5.66. The zero-order valence-corrected chi connectivity index (χ0v) is 11.7. The first-order chi connectivity index (χ1) is 9.08. The van der Waals surface area contributed by atoms with Crippen molar-refractivity contribution in [2.45, 2.75) is 44.8 Å². The smallest absolute Gasteiger partial charge is 0.351 e. The molecule has 1 aliphatic rings. The van der Waals surface area contributed by atoms with E-state index in [1.165, 1.54) is 11.3 Å². The summed E-state index contributed by atoms with van der Waals surface area (Å²) in [6.07, 6.45) is 3.50. The SMILES string of the molecule is CC(OC(=O)c1sccc1N)C(=O)NC1CCCC1. The lowest BCUT2D eigenvalue weighted by Gasteiger charge is -2.16. The number of nitrogens with two attached hydrogens (primary N) is 1. The Hall–Kier alpha value is -1.56. The first kappa shape index (κ1) is 13.9. The number of amides is 1. The molecule has 1 saturated carbocycles. The molecule has 6 heteroatoms. The molecule has 1 aromatic heterocycles. The Morgan fingerprint density at radius 1 is 1.47 bits per heavy atom. The lowest BCUT2D eigenvalue weighted by molar-refractivity contribution is -0.129. The van der Waals surface area contributed by atoms with Gasteiger partial charge in [-0.1, -0.05) is 12.8 Å². The van der Waals surface area contributed by atoms with Crippen LogP contribution in [0, 0.1) is 0 Å². The van der Waals surface area contributed by atoms with Crippen molar-refractivity contribution in [1.82, 2.24) is 5.32 Å². The number of esters is 1. The molecular weight excluding hydrogens is 264 g/mol. The summed E-state index contributed by atoms with van der Waals surface area (Å²) in [5.74, 6) is -0.781. The number of ether oxygens (including phenoxy) is 1. The van der Waals surface area contributed by atoms with Gasteiger partial charge in [-0.2, -0.15) is 0 Å². The standard InChI is InChI=1S/C13H18N2O3S/c1-8(12(16)15-9-4-2-3-5-9)18-13(17)11-10(14)6-7-19-11/h6-9H,2-5,14H2,1H3,(H,15,16). The Morgan fingerprint density at radius 3 is 2.74 bits per heavy atom. The van der Waals surface area contributed by atoms with Crippen molar-refractivity contribution < 1.29 is 14.3 Å². The third-order valence-corrected chi connectivity index (χ3v) is 4.15. The summed E-state index contributed by atoms with van der Waals surface area (Å²) in [7, 11) is 0. The summed E-state index contributed by atoms with van der Waals surface area (Å²) < 4.78 is 5.13. The third kappa shape index (κ3) is 3.47. The Bertz CT molecular complexity index is 466. The average molecular weight is 282 g/mol. The molecule has 0 aromatic carbocycles. The molecule has 1 aliphatic carbocycles. The molecule has 2 rings (SSSR count). The van der Waals surface area contributed by atoms with Crippen molar-refractivity contribution in [2.24, 2.45) is 0 Å². The van der Waals surface area contributed by atoms with Crippen molar-refractivity contribution in [3.8, 4) is 0 Å². The number of rotatable bonds is 4. The van der Waals surface area contributed by atoms with Crippen LogP contribution < -0.4 is 11.1 Å². The maximum atomic E-state index is 11.9. The average Bonchev–Trinajstić information content (AvgIpc) is 3.00. The molecule has 1 fully saturated rings. The number of hydrogen-bond donors (Lipinski definition) is 2. The van der Waals surface area contributed by atoms with Crippen LogP contribution in [0.4, 0.5) is 5.69 Å². The fraction of sp³-hybridized carbons (Fsp3) is 0.538. The predicted molar refractivity (Wildman–Crippen MR) is 74.0 cm³/mol. The van der Waals surface area contributed by atoms with Gasteiger partial charge in [0.15, 0.2) is 6.10 Å². The van der Waals surface area contributed by atoms with E-state index in [0.717, 1.165) is 25.7 Å². The molecule has 19 heavy (non-hydrogen) atoms. The van der Waals surface area contributed by atoms with Crippen LogP contribution in [0.3, 0.4) is 0 Å². The molecule has 0 bridgehead atoms. The van der Waals surface area contributed by atoms with Gasteiger partial charge in [-0.25, -0.2) is 4.79 Å². The summed E-state index contributed by atoms with van der Waals surface area (Å²) >= 11 is 1.21. The highest BCUT2D eigenvalue weighted by molar-refractivity contribution is 7.12. The van der Waals surface area contributed by atoms with E-state index in [0.29, 0.717) is 10.6 Å². The van der Waals surface area contributed by atoms with E-state index >= 15 is 0 Å². The molecule has 104 valence electrons. The number of hydrogen-bond acceptors (Lipinski definition) is 5. The minimum absolute atomic E-state index is 0.223. The summed E-state index contributed by atoms with van der Waals surface area (Å²) in [5, 5.41) is 4.62. The number of nitrogens with one attached hydrogen (secondary N) is 1. The van der Waals surface area contributed by atoms with Gasteiger partial charge in [0.2, 0.25) is 0 Å². The lowest BCUT2D eigenvalue weighted by Crippen LogP contribution is -2.40. The fourth-order valence-corrected chi connectivity index (χ4v) is 2.84. The molecule has 1 heterocycles. The molecule has 1 atom stereocenters. The second-order valence-electron chi connectivity index (χ2n) is 4.74. The zero-order chi connectivity index (χ0) is 13.8. The van der Waals surface area contributed by atoms with Crippen LogP contribution in [-0.4, -0.2) is 24.0 Å². The van der Waals surface area contributed by atoms with Gasteiger partial charge in [0.1, 0.15) is 4.88 Å². The van der Waals surface area contributed by atoms with Gasteiger partial charge in [0, 0.05) is 6.04 Å². The Kier molecular flexibility index (Phi) is 4.42. The van der Waals surface area contributed by atoms with E-state index in [9.17, 15) is 9.59 Å². The molecule has 0 saturated heterocycles. The van der Waals surface area contributed by atoms with E-state index in [4.69, 9.17) is 10.5 Å². The van der Waals surface area contributed by atoms with Crippen molar-refractivity contribution in [2.75, 3.05) is 5.73 Å². The molecule has 5 nitrogen and oxygen atoms in total. The molecule has 3 N–H and O–H groups in total. The van der Waals surface area contributed by atoms with Crippen LogP contribution >= 0.6 is 11.3 Å². The minimum atomic E-state index is -0.797. The van der Waals surface area contributed by atoms with E-state index in [1.54, 1.807) is 18.4 Å². The van der Waals surface area contributed by atoms with Gasteiger partial charge >= 0.3 is 5.97 Å². The number of nitrogen functional groups attached to an aromatic ring is 1. The fourth-order valence-electron chi connectivity index (χ4n) is 2.14. The van der Waals surface area contributed by atoms with E-state index in [-0.39, 0.29) is 11.9 Å². The van der Waals surface area contributed by atoms with Crippen molar-refractivity contribution in [1.29, 1.82) is 0 Å². The van der Waals surface area contributed by atoms with Crippen LogP contribution in [0.2, 0.25) is 0 Å². The predicted octanol–water partition coefficient (Wildman–Crippen LogP) is 1.93. The van der Waals surface area contributed by atoms with Gasteiger partial charge < -0.3 is 15.8 Å². The molecule has 1 unspecified atom stereocenters. The maximum Gasteiger partial charge on any atom is 0.351 e. The Morgan fingerprint density at radius 2 is 2.16 bits per heavy atom. The first-order valence-electron chi connectivity index (χ1n) is 6.42. The Balaban J connectivity index is 1.86. The van der Waals surface area contributed by atoms with Crippen molar-refractivity contribution in [3.63, 3.8) is 0 Å². The quantitative estimate of drug-likeness (QED) is 0.827. The largest absolute Gasteiger partial charge is 0.448 e. The van der Waals surface area contributed by atoms with Gasteiger partial charge in [0.25, 0.3) is 5.91 Å². The zero-order valence-electron chi connectivity index (χ0n) is 10.8. The summed E-state index contributed by atoms with van der Waals surface area (Å²) in [6.45, 7) is 1.58. The van der Waals surface area contributed by atoms with Crippen LogP contribution in [0.1, 0.15) is 42.3 Å². The summed E-state index contributed by atoms with van der Waals surface area (Å²) in [4.78, 5) is 24.0. The topological polar surface area (TPSA) is 81.4 Å². The molecule has 0 spiro atoms. The van der Waals surface area contributed by atoms with Gasteiger partial charge in [-0.15, -0.1) is 11.3 Å². The highest BCUT2D eigenvalue weighted by Crippen LogP contribution is 2.21. The van der Waals surface area contributed by atoms with Gasteiger partial charge in [-0.05, 0) is 31.2 Å². The molecule has 1 amide bonds. The van der Waals surface area contributed by atoms with E-state index in [1.807, 2.05) is 0 Å². The lowest BCUT2D eigenvalue weighted by atomic mass is 10.2. The maximum absolute atomic E-state index is 11.9. The van der Waals surface area contributed by atoms with Crippen molar-refractivity contribution >= 4 is 28.9 Å². The van der Waals surface area contributed by atoms with Crippen molar-refractivity contribution in [3.05, 3.63) is 16.3 Å². The van der Waals surface area contributed by atoms with Crippen LogP contribution in [0.15, 0.2) is 11.4 Å².